The number of pyridine rings is 2. The molecule has 0 bridgehead atoms. The normalized spacial score (nSPS) is 10.4. The molecule has 0 aliphatic heterocycles. The third kappa shape index (κ3) is 2.78. The fourth-order valence-corrected chi connectivity index (χ4v) is 2.67. The summed E-state index contributed by atoms with van der Waals surface area (Å²) < 4.78 is 1.39. The second-order valence-electron chi connectivity index (χ2n) is 5.61. The highest BCUT2D eigenvalue weighted by Gasteiger charge is 2.11. The smallest absolute Gasteiger partial charge is 0.280 e. The summed E-state index contributed by atoms with van der Waals surface area (Å²) in [4.78, 5) is 24.7. The van der Waals surface area contributed by atoms with E-state index in [0.717, 1.165) is 16.8 Å². The predicted octanol–water partition coefficient (Wildman–Crippen LogP) is 3.84. The highest BCUT2D eigenvalue weighted by molar-refractivity contribution is 5.65. The summed E-state index contributed by atoms with van der Waals surface area (Å²) in [5.74, 6) is 0.499. The summed E-state index contributed by atoms with van der Waals surface area (Å²) in [6.45, 7) is 7.00. The Labute approximate surface area is 149 Å². The van der Waals surface area contributed by atoms with E-state index in [0.29, 0.717) is 17.1 Å². The van der Waals surface area contributed by atoms with Gasteiger partial charge < -0.3 is 0 Å². The second kappa shape index (κ2) is 6.49. The summed E-state index contributed by atoms with van der Waals surface area (Å²) in [6.07, 6.45) is 5.06. The second-order valence-corrected chi connectivity index (χ2v) is 5.61. The fourth-order valence-electron chi connectivity index (χ4n) is 2.67. The summed E-state index contributed by atoms with van der Waals surface area (Å²) >= 11 is 0. The van der Waals surface area contributed by atoms with Crippen molar-refractivity contribution in [3.05, 3.63) is 95.0 Å². The van der Waals surface area contributed by atoms with Gasteiger partial charge in [0.25, 0.3) is 5.56 Å². The monoisotopic (exact) mass is 339 g/mol. The predicted molar refractivity (Wildman–Crippen MR) is 99.1 cm³/mol. The van der Waals surface area contributed by atoms with Gasteiger partial charge in [0.1, 0.15) is 0 Å². The van der Waals surface area contributed by atoms with Crippen molar-refractivity contribution in [2.24, 2.45) is 0 Å². The van der Waals surface area contributed by atoms with Gasteiger partial charge in [-0.1, -0.05) is 30.3 Å². The van der Waals surface area contributed by atoms with Gasteiger partial charge >= 0.3 is 0 Å². The molecule has 0 unspecified atom stereocenters. The van der Waals surface area contributed by atoms with Gasteiger partial charge in [-0.3, -0.25) is 14.9 Å². The molecular weight excluding hydrogens is 326 g/mol. The Morgan fingerprint density at radius 1 is 0.962 bits per heavy atom. The summed E-state index contributed by atoms with van der Waals surface area (Å²) in [5.41, 5.74) is 3.32. The first kappa shape index (κ1) is 15.5. The van der Waals surface area contributed by atoms with Gasteiger partial charge in [0.05, 0.1) is 17.8 Å². The molecule has 0 aliphatic rings. The van der Waals surface area contributed by atoms with Crippen LogP contribution in [0.1, 0.15) is 0 Å². The molecule has 3 heterocycles. The molecule has 0 fully saturated rings. The van der Waals surface area contributed by atoms with E-state index in [9.17, 15) is 4.79 Å². The standard InChI is InChI=1S/C20H13N5O/c1-21-16-8-5-14(6-9-16)17-13-24-25(20(17)26)19-10-7-15(12-23-19)18-4-2-3-11-22-18/h2-13,24H. The van der Waals surface area contributed by atoms with Gasteiger partial charge in [-0.15, -0.1) is 0 Å². The fraction of sp³-hybridized carbons (Fsp3) is 0. The lowest BCUT2D eigenvalue weighted by Crippen LogP contribution is -2.16. The molecule has 4 aromatic rings. The van der Waals surface area contributed by atoms with E-state index in [1.54, 1.807) is 48.9 Å². The molecule has 1 N–H and O–H groups in total. The molecule has 6 nitrogen and oxygen atoms in total. The van der Waals surface area contributed by atoms with E-state index in [-0.39, 0.29) is 5.56 Å². The van der Waals surface area contributed by atoms with Crippen molar-refractivity contribution in [2.75, 3.05) is 0 Å². The first-order chi connectivity index (χ1) is 12.8. The molecule has 0 amide bonds. The third-order valence-corrected chi connectivity index (χ3v) is 4.02. The Hall–Kier alpha value is -3.98. The van der Waals surface area contributed by atoms with Crippen LogP contribution in [0.4, 0.5) is 5.69 Å². The average molecular weight is 339 g/mol. The lowest BCUT2D eigenvalue weighted by Gasteiger charge is -2.03. The van der Waals surface area contributed by atoms with Gasteiger partial charge in [0.2, 0.25) is 0 Å². The maximum atomic E-state index is 12.7. The maximum absolute atomic E-state index is 12.7. The number of nitrogens with zero attached hydrogens (tertiary/aromatic N) is 4. The van der Waals surface area contributed by atoms with Crippen LogP contribution in [0.5, 0.6) is 0 Å². The summed E-state index contributed by atoms with van der Waals surface area (Å²) in [7, 11) is 0. The van der Waals surface area contributed by atoms with E-state index >= 15 is 0 Å². The Kier molecular flexibility index (Phi) is 3.88. The average Bonchev–Trinajstić information content (AvgIpc) is 3.10. The maximum Gasteiger partial charge on any atom is 0.280 e. The van der Waals surface area contributed by atoms with Crippen LogP contribution in [0.3, 0.4) is 0 Å². The lowest BCUT2D eigenvalue weighted by atomic mass is 10.1. The van der Waals surface area contributed by atoms with Crippen LogP contribution < -0.4 is 5.56 Å². The molecule has 0 saturated carbocycles. The molecule has 3 aromatic heterocycles. The third-order valence-electron chi connectivity index (χ3n) is 4.02. The molecular formula is C20H13N5O. The zero-order valence-electron chi connectivity index (χ0n) is 13.6. The zero-order valence-corrected chi connectivity index (χ0v) is 13.6. The minimum absolute atomic E-state index is 0.196. The first-order valence-corrected chi connectivity index (χ1v) is 7.92. The number of hydrogen-bond acceptors (Lipinski definition) is 3. The number of aromatic amines is 1. The molecule has 0 atom stereocenters. The Balaban J connectivity index is 1.68. The quantitative estimate of drug-likeness (QED) is 0.577. The van der Waals surface area contributed by atoms with Crippen molar-refractivity contribution in [3.8, 4) is 28.2 Å². The Bertz CT molecular complexity index is 1130. The van der Waals surface area contributed by atoms with Crippen LogP contribution in [0, 0.1) is 6.57 Å². The molecule has 0 spiro atoms. The first-order valence-electron chi connectivity index (χ1n) is 7.92. The van der Waals surface area contributed by atoms with E-state index in [1.165, 1.54) is 4.68 Å². The molecule has 26 heavy (non-hydrogen) atoms. The van der Waals surface area contributed by atoms with Crippen LogP contribution in [-0.2, 0) is 0 Å². The molecule has 0 saturated heterocycles. The van der Waals surface area contributed by atoms with Gasteiger partial charge in [-0.25, -0.2) is 14.5 Å². The minimum Gasteiger partial charge on any atom is -0.296 e. The summed E-state index contributed by atoms with van der Waals surface area (Å²) in [5, 5.41) is 2.94. The molecule has 1 aromatic carbocycles. The Morgan fingerprint density at radius 3 is 2.42 bits per heavy atom. The van der Waals surface area contributed by atoms with E-state index < -0.39 is 0 Å². The molecule has 4 rings (SSSR count). The highest BCUT2D eigenvalue weighted by Crippen LogP contribution is 2.20. The van der Waals surface area contributed by atoms with Crippen LogP contribution in [0.25, 0.3) is 33.0 Å². The van der Waals surface area contributed by atoms with Crippen LogP contribution in [0.2, 0.25) is 0 Å². The number of aromatic nitrogens is 4. The minimum atomic E-state index is -0.196. The number of H-pyrrole nitrogens is 1. The van der Waals surface area contributed by atoms with Crippen molar-refractivity contribution in [1.82, 2.24) is 19.7 Å². The number of rotatable bonds is 3. The van der Waals surface area contributed by atoms with Gasteiger partial charge in [0.15, 0.2) is 11.5 Å². The van der Waals surface area contributed by atoms with E-state index in [1.807, 2.05) is 24.3 Å². The van der Waals surface area contributed by atoms with Gasteiger partial charge in [-0.05, 0) is 29.8 Å². The number of hydrogen-bond donors (Lipinski definition) is 1. The van der Waals surface area contributed by atoms with Gasteiger partial charge in [-0.2, -0.15) is 0 Å². The van der Waals surface area contributed by atoms with Gasteiger partial charge in [0, 0.05) is 24.2 Å². The van der Waals surface area contributed by atoms with Crippen LogP contribution in [0.15, 0.2) is 78.0 Å². The SMILES string of the molecule is [C-]#[N+]c1ccc(-c2c[nH]n(-c3ccc(-c4ccccn4)cn3)c2=O)cc1. The number of nitrogens with one attached hydrogen (secondary N) is 1. The lowest BCUT2D eigenvalue weighted by molar-refractivity contribution is 0.819. The summed E-state index contributed by atoms with van der Waals surface area (Å²) in [6, 6.07) is 16.2. The molecule has 6 heteroatoms. The molecule has 0 aliphatic carbocycles. The van der Waals surface area contributed by atoms with E-state index in [2.05, 4.69) is 19.9 Å². The number of benzene rings is 1. The van der Waals surface area contributed by atoms with Crippen molar-refractivity contribution in [3.63, 3.8) is 0 Å². The van der Waals surface area contributed by atoms with Crippen LogP contribution in [-0.4, -0.2) is 19.7 Å². The van der Waals surface area contributed by atoms with Crippen LogP contribution >= 0.6 is 0 Å². The van der Waals surface area contributed by atoms with Crippen molar-refractivity contribution in [2.45, 2.75) is 0 Å². The zero-order chi connectivity index (χ0) is 17.9. The van der Waals surface area contributed by atoms with Crippen molar-refractivity contribution < 1.29 is 0 Å². The van der Waals surface area contributed by atoms with Crippen molar-refractivity contribution >= 4 is 5.69 Å². The van der Waals surface area contributed by atoms with E-state index in [4.69, 9.17) is 6.57 Å². The molecule has 124 valence electrons. The topological polar surface area (TPSA) is 67.9 Å². The van der Waals surface area contributed by atoms with Crippen molar-refractivity contribution in [1.29, 1.82) is 0 Å². The Morgan fingerprint density at radius 2 is 1.77 bits per heavy atom. The largest absolute Gasteiger partial charge is 0.296 e. The molecule has 0 radical (unpaired) electrons. The highest BCUT2D eigenvalue weighted by atomic mass is 16.1.